The smallest absolute Gasteiger partial charge is 0.239 e. The number of carbonyl (C=O) groups excluding carboxylic acids is 1. The summed E-state index contributed by atoms with van der Waals surface area (Å²) in [6.07, 6.45) is 1.66. The molecule has 2 aromatic heterocycles. The highest BCUT2D eigenvalue weighted by Gasteiger charge is 2.21. The van der Waals surface area contributed by atoms with Gasteiger partial charge in [-0.05, 0) is 38.1 Å². The van der Waals surface area contributed by atoms with Crippen molar-refractivity contribution in [1.82, 2.24) is 19.7 Å². The van der Waals surface area contributed by atoms with Gasteiger partial charge in [0.05, 0.1) is 12.4 Å². The van der Waals surface area contributed by atoms with Crippen LogP contribution in [0.25, 0.3) is 11.4 Å². The topological polar surface area (TPSA) is 81.9 Å². The van der Waals surface area contributed by atoms with Crippen molar-refractivity contribution in [1.29, 1.82) is 0 Å². The number of amides is 1. The van der Waals surface area contributed by atoms with Crippen molar-refractivity contribution in [2.24, 2.45) is 0 Å². The fourth-order valence-corrected chi connectivity index (χ4v) is 3.76. The Morgan fingerprint density at radius 1 is 1.35 bits per heavy atom. The highest BCUT2D eigenvalue weighted by molar-refractivity contribution is 8.00. The number of anilines is 1. The summed E-state index contributed by atoms with van der Waals surface area (Å²) in [5.41, 5.74) is 0.951. The van der Waals surface area contributed by atoms with Crippen LogP contribution in [-0.4, -0.2) is 38.0 Å². The summed E-state index contributed by atoms with van der Waals surface area (Å²) in [5.74, 6) is 1.45. The largest absolute Gasteiger partial charge is 0.497 e. The molecule has 0 bridgehead atoms. The number of aromatic nitrogens is 4. The number of thiazole rings is 1. The third-order valence-corrected chi connectivity index (χ3v) is 5.46. The molecule has 0 fully saturated rings. The standard InChI is InChI=1S/C17H19N5O2S2/c1-4-22-14(12-5-7-13(24-3)8-6-12)20-21-17(22)26-11(2)15(23)19-16-18-9-10-25-16/h5-11H,4H2,1-3H3,(H,18,19,23)/t11-/m0/s1. The first-order valence-corrected chi connectivity index (χ1v) is 9.83. The zero-order valence-corrected chi connectivity index (χ0v) is 16.3. The molecule has 0 unspecified atom stereocenters. The van der Waals surface area contributed by atoms with Crippen LogP contribution in [0.3, 0.4) is 0 Å². The van der Waals surface area contributed by atoms with E-state index in [1.54, 1.807) is 13.3 Å². The molecule has 0 aliphatic carbocycles. The van der Waals surface area contributed by atoms with E-state index < -0.39 is 0 Å². The summed E-state index contributed by atoms with van der Waals surface area (Å²) in [6, 6.07) is 7.67. The molecule has 1 aromatic carbocycles. The van der Waals surface area contributed by atoms with Crippen molar-refractivity contribution in [3.05, 3.63) is 35.8 Å². The number of carbonyl (C=O) groups is 1. The maximum atomic E-state index is 12.3. The molecule has 1 atom stereocenters. The summed E-state index contributed by atoms with van der Waals surface area (Å²) in [4.78, 5) is 16.4. The van der Waals surface area contributed by atoms with Gasteiger partial charge in [0.25, 0.3) is 0 Å². The SMILES string of the molecule is CCn1c(S[C@@H](C)C(=O)Nc2nccs2)nnc1-c1ccc(OC)cc1. The molecule has 0 spiro atoms. The number of nitrogens with zero attached hydrogens (tertiary/aromatic N) is 4. The van der Waals surface area contributed by atoms with E-state index in [0.29, 0.717) is 16.8 Å². The molecule has 3 aromatic rings. The Balaban J connectivity index is 1.75. The van der Waals surface area contributed by atoms with E-state index in [0.717, 1.165) is 17.1 Å². The van der Waals surface area contributed by atoms with Crippen molar-refractivity contribution in [3.8, 4) is 17.1 Å². The van der Waals surface area contributed by atoms with E-state index in [1.807, 2.05) is 48.1 Å². The molecule has 2 heterocycles. The lowest BCUT2D eigenvalue weighted by Crippen LogP contribution is -2.22. The number of rotatable bonds is 7. The second-order valence-electron chi connectivity index (χ2n) is 5.37. The third kappa shape index (κ3) is 4.05. The van der Waals surface area contributed by atoms with E-state index >= 15 is 0 Å². The fraction of sp³-hybridized carbons (Fsp3) is 0.294. The molecule has 0 radical (unpaired) electrons. The van der Waals surface area contributed by atoms with E-state index in [2.05, 4.69) is 20.5 Å². The minimum atomic E-state index is -0.322. The zero-order valence-electron chi connectivity index (χ0n) is 14.7. The van der Waals surface area contributed by atoms with Crippen LogP contribution in [0, 0.1) is 0 Å². The maximum absolute atomic E-state index is 12.3. The second kappa shape index (κ2) is 8.33. The van der Waals surface area contributed by atoms with Gasteiger partial charge in [0.1, 0.15) is 5.75 Å². The first-order chi connectivity index (χ1) is 12.6. The van der Waals surface area contributed by atoms with E-state index in [1.165, 1.54) is 23.1 Å². The number of hydrogen-bond acceptors (Lipinski definition) is 7. The second-order valence-corrected chi connectivity index (χ2v) is 7.57. The van der Waals surface area contributed by atoms with Crippen LogP contribution in [0.5, 0.6) is 5.75 Å². The Labute approximate surface area is 159 Å². The van der Waals surface area contributed by atoms with Gasteiger partial charge in [-0.25, -0.2) is 4.98 Å². The van der Waals surface area contributed by atoms with Crippen molar-refractivity contribution in [2.45, 2.75) is 30.8 Å². The van der Waals surface area contributed by atoms with Crippen LogP contribution in [-0.2, 0) is 11.3 Å². The van der Waals surface area contributed by atoms with Crippen molar-refractivity contribution in [2.75, 3.05) is 12.4 Å². The molecule has 7 nitrogen and oxygen atoms in total. The Hall–Kier alpha value is -2.39. The van der Waals surface area contributed by atoms with Gasteiger partial charge in [0, 0.05) is 23.7 Å². The van der Waals surface area contributed by atoms with Crippen LogP contribution in [0.15, 0.2) is 41.0 Å². The summed E-state index contributed by atoms with van der Waals surface area (Å²) in [5, 5.41) is 14.2. The van der Waals surface area contributed by atoms with Crippen molar-refractivity contribution < 1.29 is 9.53 Å². The first-order valence-electron chi connectivity index (χ1n) is 8.07. The third-order valence-electron chi connectivity index (χ3n) is 3.70. The molecule has 1 amide bonds. The zero-order chi connectivity index (χ0) is 18.5. The van der Waals surface area contributed by atoms with Gasteiger partial charge in [0.15, 0.2) is 16.1 Å². The summed E-state index contributed by atoms with van der Waals surface area (Å²) in [6.45, 7) is 4.58. The van der Waals surface area contributed by atoms with Crippen LogP contribution in [0.1, 0.15) is 13.8 Å². The van der Waals surface area contributed by atoms with Crippen LogP contribution < -0.4 is 10.1 Å². The number of methoxy groups -OCH3 is 1. The van der Waals surface area contributed by atoms with Crippen LogP contribution >= 0.6 is 23.1 Å². The van der Waals surface area contributed by atoms with Crippen molar-refractivity contribution >= 4 is 34.1 Å². The van der Waals surface area contributed by atoms with E-state index in [-0.39, 0.29) is 11.2 Å². The molecular weight excluding hydrogens is 370 g/mol. The van der Waals surface area contributed by atoms with Crippen LogP contribution in [0.2, 0.25) is 0 Å². The molecule has 0 aliphatic rings. The quantitative estimate of drug-likeness (QED) is 0.622. The number of hydrogen-bond donors (Lipinski definition) is 1. The predicted octanol–water partition coefficient (Wildman–Crippen LogP) is 3.55. The molecule has 0 aliphatic heterocycles. The van der Waals surface area contributed by atoms with Gasteiger partial charge in [0.2, 0.25) is 5.91 Å². The maximum Gasteiger partial charge on any atom is 0.239 e. The van der Waals surface area contributed by atoms with Gasteiger partial charge >= 0.3 is 0 Å². The molecular formula is C17H19N5O2S2. The minimum absolute atomic E-state index is 0.110. The minimum Gasteiger partial charge on any atom is -0.497 e. The van der Waals surface area contributed by atoms with Gasteiger partial charge in [-0.1, -0.05) is 11.8 Å². The summed E-state index contributed by atoms with van der Waals surface area (Å²) in [7, 11) is 1.64. The molecule has 26 heavy (non-hydrogen) atoms. The van der Waals surface area contributed by atoms with Gasteiger partial charge < -0.3 is 14.6 Å². The monoisotopic (exact) mass is 389 g/mol. The molecule has 136 valence electrons. The Bertz CT molecular complexity index is 862. The fourth-order valence-electron chi connectivity index (χ4n) is 2.32. The van der Waals surface area contributed by atoms with Crippen LogP contribution in [0.4, 0.5) is 5.13 Å². The summed E-state index contributed by atoms with van der Waals surface area (Å²) >= 11 is 2.77. The number of ether oxygens (including phenoxy) is 1. The number of nitrogens with one attached hydrogen (secondary N) is 1. The highest BCUT2D eigenvalue weighted by Crippen LogP contribution is 2.28. The predicted molar refractivity (Wildman–Crippen MR) is 104 cm³/mol. The average molecular weight is 390 g/mol. The molecule has 3 rings (SSSR count). The average Bonchev–Trinajstić information content (AvgIpc) is 3.31. The van der Waals surface area contributed by atoms with Crippen molar-refractivity contribution in [3.63, 3.8) is 0 Å². The highest BCUT2D eigenvalue weighted by atomic mass is 32.2. The van der Waals surface area contributed by atoms with Gasteiger partial charge in [-0.2, -0.15) is 0 Å². The Morgan fingerprint density at radius 3 is 2.73 bits per heavy atom. The Kier molecular flexibility index (Phi) is 5.89. The summed E-state index contributed by atoms with van der Waals surface area (Å²) < 4.78 is 7.19. The Morgan fingerprint density at radius 2 is 2.12 bits per heavy atom. The van der Waals surface area contributed by atoms with Gasteiger partial charge in [-0.15, -0.1) is 21.5 Å². The lowest BCUT2D eigenvalue weighted by atomic mass is 10.2. The number of benzene rings is 1. The lowest BCUT2D eigenvalue weighted by molar-refractivity contribution is -0.115. The molecule has 1 N–H and O–H groups in total. The first kappa shape index (κ1) is 18.4. The normalized spacial score (nSPS) is 12.0. The van der Waals surface area contributed by atoms with E-state index in [9.17, 15) is 4.79 Å². The molecule has 9 heteroatoms. The van der Waals surface area contributed by atoms with E-state index in [4.69, 9.17) is 4.74 Å². The molecule has 0 saturated heterocycles. The number of thioether (sulfide) groups is 1. The molecule has 0 saturated carbocycles. The van der Waals surface area contributed by atoms with Gasteiger partial charge in [-0.3, -0.25) is 4.79 Å². The lowest BCUT2D eigenvalue weighted by Gasteiger charge is -2.11.